The molecule has 2 N–H and O–H groups in total. The maximum Gasteiger partial charge on any atom is 0.161 e. The highest BCUT2D eigenvalue weighted by Gasteiger charge is 2.02. The zero-order valence-electron chi connectivity index (χ0n) is 5.08. The van der Waals surface area contributed by atoms with E-state index in [1.54, 1.807) is 0 Å². The van der Waals surface area contributed by atoms with Gasteiger partial charge < -0.3 is 10.6 Å². The summed E-state index contributed by atoms with van der Waals surface area (Å²) in [6, 6.07) is 0. The van der Waals surface area contributed by atoms with Crippen LogP contribution in [0.3, 0.4) is 0 Å². The van der Waals surface area contributed by atoms with Crippen molar-refractivity contribution in [3.8, 4) is 0 Å². The highest BCUT2D eigenvalue weighted by atomic mass is 19.1. The first-order valence-corrected chi connectivity index (χ1v) is 2.83. The summed E-state index contributed by atoms with van der Waals surface area (Å²) in [6.45, 7) is 4.93. The first kappa shape index (κ1) is 6.13. The Balaban J connectivity index is 2.61. The SMILES string of the molecule is C=C1NCCNC=C1F. The van der Waals surface area contributed by atoms with Crippen molar-refractivity contribution in [3.05, 3.63) is 24.3 Å². The Morgan fingerprint density at radius 2 is 2.33 bits per heavy atom. The molecule has 0 aromatic carbocycles. The summed E-state index contributed by atoms with van der Waals surface area (Å²) in [5.41, 5.74) is 0.361. The summed E-state index contributed by atoms with van der Waals surface area (Å²) < 4.78 is 12.5. The van der Waals surface area contributed by atoms with E-state index >= 15 is 0 Å². The summed E-state index contributed by atoms with van der Waals surface area (Å²) in [5.74, 6) is -0.312. The predicted octanol–water partition coefficient (Wildman–Crippen LogP) is 0.504. The molecule has 50 valence electrons. The Kier molecular flexibility index (Phi) is 1.72. The fraction of sp³-hybridized carbons (Fsp3) is 0.333. The van der Waals surface area contributed by atoms with Crippen LogP contribution in [-0.4, -0.2) is 13.1 Å². The van der Waals surface area contributed by atoms with E-state index < -0.39 is 0 Å². The molecule has 0 saturated heterocycles. The van der Waals surface area contributed by atoms with E-state index in [4.69, 9.17) is 0 Å². The van der Waals surface area contributed by atoms with Crippen molar-refractivity contribution in [2.24, 2.45) is 0 Å². The smallest absolute Gasteiger partial charge is 0.161 e. The first-order valence-electron chi connectivity index (χ1n) is 2.83. The van der Waals surface area contributed by atoms with E-state index in [1.165, 1.54) is 6.20 Å². The van der Waals surface area contributed by atoms with Crippen molar-refractivity contribution in [2.75, 3.05) is 13.1 Å². The van der Waals surface area contributed by atoms with Crippen LogP contribution in [0, 0.1) is 0 Å². The summed E-state index contributed by atoms with van der Waals surface area (Å²) in [5, 5.41) is 5.56. The lowest BCUT2D eigenvalue weighted by Crippen LogP contribution is -2.19. The van der Waals surface area contributed by atoms with Crippen LogP contribution in [0.25, 0.3) is 0 Å². The van der Waals surface area contributed by atoms with Gasteiger partial charge in [-0.05, 0) is 0 Å². The van der Waals surface area contributed by atoms with Gasteiger partial charge in [0.25, 0.3) is 0 Å². The van der Waals surface area contributed by atoms with Crippen LogP contribution in [0.15, 0.2) is 24.3 Å². The summed E-state index contributed by atoms with van der Waals surface area (Å²) in [7, 11) is 0. The van der Waals surface area contributed by atoms with Crippen LogP contribution >= 0.6 is 0 Å². The van der Waals surface area contributed by atoms with Crippen molar-refractivity contribution in [1.29, 1.82) is 0 Å². The van der Waals surface area contributed by atoms with E-state index in [1.807, 2.05) is 0 Å². The van der Waals surface area contributed by atoms with E-state index in [9.17, 15) is 4.39 Å². The largest absolute Gasteiger partial charge is 0.387 e. The summed E-state index contributed by atoms with van der Waals surface area (Å²) in [4.78, 5) is 0. The molecule has 0 atom stereocenters. The normalized spacial score (nSPS) is 19.2. The first-order chi connectivity index (χ1) is 4.30. The lowest BCUT2D eigenvalue weighted by molar-refractivity contribution is 0.631. The average molecular weight is 128 g/mol. The molecule has 0 aromatic rings. The quantitative estimate of drug-likeness (QED) is 0.496. The van der Waals surface area contributed by atoms with Crippen molar-refractivity contribution < 1.29 is 4.39 Å². The molecular formula is C6H9FN2. The van der Waals surface area contributed by atoms with Gasteiger partial charge in [-0.15, -0.1) is 0 Å². The number of nitrogens with one attached hydrogen (secondary N) is 2. The van der Waals surface area contributed by atoms with Crippen molar-refractivity contribution in [1.82, 2.24) is 10.6 Å². The second-order valence-corrected chi connectivity index (χ2v) is 1.85. The third kappa shape index (κ3) is 1.45. The Morgan fingerprint density at radius 3 is 3.11 bits per heavy atom. The van der Waals surface area contributed by atoms with Crippen LogP contribution in [0.5, 0.6) is 0 Å². The highest BCUT2D eigenvalue weighted by molar-refractivity contribution is 5.20. The van der Waals surface area contributed by atoms with Gasteiger partial charge in [-0.2, -0.15) is 0 Å². The van der Waals surface area contributed by atoms with Gasteiger partial charge in [-0.3, -0.25) is 0 Å². The predicted molar refractivity (Wildman–Crippen MR) is 34.3 cm³/mol. The van der Waals surface area contributed by atoms with Crippen LogP contribution in [0.1, 0.15) is 0 Å². The lowest BCUT2D eigenvalue weighted by atomic mass is 10.4. The Hall–Kier alpha value is -0.990. The van der Waals surface area contributed by atoms with E-state index in [0.29, 0.717) is 5.70 Å². The van der Waals surface area contributed by atoms with E-state index in [-0.39, 0.29) is 5.83 Å². The third-order valence-corrected chi connectivity index (χ3v) is 1.12. The molecule has 0 spiro atoms. The molecule has 0 aliphatic carbocycles. The summed E-state index contributed by atoms with van der Waals surface area (Å²) in [6.07, 6.45) is 1.32. The van der Waals surface area contributed by atoms with Crippen molar-refractivity contribution >= 4 is 0 Å². The number of allylic oxidation sites excluding steroid dienone is 1. The number of rotatable bonds is 0. The van der Waals surface area contributed by atoms with E-state index in [0.717, 1.165) is 13.1 Å². The zero-order valence-corrected chi connectivity index (χ0v) is 5.08. The number of hydrogen-bond donors (Lipinski definition) is 2. The van der Waals surface area contributed by atoms with Gasteiger partial charge in [0.15, 0.2) is 5.83 Å². The standard InChI is InChI=1S/C6H9FN2/c1-5-6(7)4-8-2-3-9-5/h4,8-9H,1-3H2. The number of hydrogen-bond acceptors (Lipinski definition) is 2. The molecule has 0 unspecified atom stereocenters. The molecule has 1 aliphatic heterocycles. The zero-order chi connectivity index (χ0) is 6.69. The molecule has 3 heteroatoms. The monoisotopic (exact) mass is 128 g/mol. The van der Waals surface area contributed by atoms with Gasteiger partial charge in [0, 0.05) is 19.3 Å². The summed E-state index contributed by atoms with van der Waals surface area (Å²) >= 11 is 0. The molecule has 0 aromatic heterocycles. The fourth-order valence-corrected chi connectivity index (χ4v) is 0.619. The molecule has 0 saturated carbocycles. The average Bonchev–Trinajstić information content (AvgIpc) is 1.99. The second kappa shape index (κ2) is 2.53. The van der Waals surface area contributed by atoms with Gasteiger partial charge in [-0.1, -0.05) is 6.58 Å². The van der Waals surface area contributed by atoms with Gasteiger partial charge >= 0.3 is 0 Å². The molecule has 9 heavy (non-hydrogen) atoms. The minimum atomic E-state index is -0.312. The Morgan fingerprint density at radius 1 is 1.56 bits per heavy atom. The second-order valence-electron chi connectivity index (χ2n) is 1.85. The molecule has 1 rings (SSSR count). The van der Waals surface area contributed by atoms with E-state index in [2.05, 4.69) is 17.2 Å². The van der Waals surface area contributed by atoms with Crippen molar-refractivity contribution in [3.63, 3.8) is 0 Å². The van der Waals surface area contributed by atoms with Crippen LogP contribution < -0.4 is 10.6 Å². The van der Waals surface area contributed by atoms with Gasteiger partial charge in [0.1, 0.15) is 0 Å². The van der Waals surface area contributed by atoms with Crippen LogP contribution in [0.2, 0.25) is 0 Å². The molecular weight excluding hydrogens is 119 g/mol. The molecule has 2 nitrogen and oxygen atoms in total. The van der Waals surface area contributed by atoms with Gasteiger partial charge in [-0.25, -0.2) is 4.39 Å². The molecule has 1 aliphatic rings. The maximum atomic E-state index is 12.5. The molecule has 0 fully saturated rings. The minimum absolute atomic E-state index is 0.312. The topological polar surface area (TPSA) is 24.1 Å². The van der Waals surface area contributed by atoms with Gasteiger partial charge in [0.2, 0.25) is 0 Å². The fourth-order valence-electron chi connectivity index (χ4n) is 0.619. The molecule has 0 amide bonds. The van der Waals surface area contributed by atoms with Gasteiger partial charge in [0.05, 0.1) is 5.70 Å². The Labute approximate surface area is 53.4 Å². The third-order valence-electron chi connectivity index (χ3n) is 1.12. The lowest BCUT2D eigenvalue weighted by Gasteiger charge is -1.99. The van der Waals surface area contributed by atoms with Crippen molar-refractivity contribution in [2.45, 2.75) is 0 Å². The van der Waals surface area contributed by atoms with Crippen LogP contribution in [-0.2, 0) is 0 Å². The highest BCUT2D eigenvalue weighted by Crippen LogP contribution is 2.04. The molecule has 1 heterocycles. The molecule has 0 bridgehead atoms. The Bertz CT molecular complexity index is 151. The number of halogens is 1. The maximum absolute atomic E-state index is 12.5. The molecule has 0 radical (unpaired) electrons. The van der Waals surface area contributed by atoms with Crippen LogP contribution in [0.4, 0.5) is 4.39 Å². The minimum Gasteiger partial charge on any atom is -0.387 e.